The first-order valence-corrected chi connectivity index (χ1v) is 11.1. The van der Waals surface area contributed by atoms with E-state index in [1.807, 2.05) is 48.7 Å². The van der Waals surface area contributed by atoms with Crippen LogP contribution >= 0.6 is 22.7 Å². The first kappa shape index (κ1) is 19.3. The Hall–Kier alpha value is -3.63. The molecule has 8 nitrogen and oxygen atoms in total. The number of fused-ring (bicyclic) bond motifs is 1. The molecule has 4 heterocycles. The molecular formula is C21H16N6O2S2. The number of hydrogen-bond acceptors (Lipinski definition) is 9. The van der Waals surface area contributed by atoms with Gasteiger partial charge < -0.3 is 9.73 Å². The lowest BCUT2D eigenvalue weighted by atomic mass is 10.3. The Morgan fingerprint density at radius 3 is 2.77 bits per heavy atom. The van der Waals surface area contributed by atoms with Crippen LogP contribution in [0.3, 0.4) is 0 Å². The summed E-state index contributed by atoms with van der Waals surface area (Å²) in [6.45, 7) is 2.46. The van der Waals surface area contributed by atoms with Crippen LogP contribution in [-0.4, -0.2) is 25.8 Å². The molecule has 5 rings (SSSR count). The number of aromatic nitrogens is 4. The Labute approximate surface area is 185 Å². The SMILES string of the molecule is Cc1nc(NC(=O)c2cnc3ccccc3n2)sc1-c1csc(NCc2ccco2)n1. The van der Waals surface area contributed by atoms with Crippen molar-refractivity contribution >= 4 is 49.9 Å². The number of rotatable bonds is 6. The maximum absolute atomic E-state index is 12.6. The van der Waals surface area contributed by atoms with Gasteiger partial charge in [0.2, 0.25) is 0 Å². The average Bonchev–Trinajstić information content (AvgIpc) is 3.53. The number of furan rings is 1. The van der Waals surface area contributed by atoms with Crippen molar-refractivity contribution in [2.24, 2.45) is 0 Å². The van der Waals surface area contributed by atoms with Crippen molar-refractivity contribution in [3.63, 3.8) is 0 Å². The van der Waals surface area contributed by atoms with E-state index in [2.05, 4.69) is 30.6 Å². The van der Waals surface area contributed by atoms with Crippen molar-refractivity contribution < 1.29 is 9.21 Å². The van der Waals surface area contributed by atoms with Gasteiger partial charge in [0.1, 0.15) is 11.5 Å². The largest absolute Gasteiger partial charge is 0.467 e. The number of thiazole rings is 2. The van der Waals surface area contributed by atoms with E-state index in [-0.39, 0.29) is 11.6 Å². The molecule has 0 atom stereocenters. The second-order valence-electron chi connectivity index (χ2n) is 6.60. The zero-order chi connectivity index (χ0) is 21.2. The number of hydrogen-bond donors (Lipinski definition) is 2. The van der Waals surface area contributed by atoms with Gasteiger partial charge in [-0.2, -0.15) is 0 Å². The second-order valence-corrected chi connectivity index (χ2v) is 8.46. The van der Waals surface area contributed by atoms with Crippen LogP contribution in [0.5, 0.6) is 0 Å². The van der Waals surface area contributed by atoms with Gasteiger partial charge in [0, 0.05) is 5.38 Å². The molecule has 4 aromatic heterocycles. The van der Waals surface area contributed by atoms with E-state index in [1.165, 1.54) is 28.9 Å². The summed E-state index contributed by atoms with van der Waals surface area (Å²) >= 11 is 2.88. The van der Waals surface area contributed by atoms with Crippen LogP contribution in [0.25, 0.3) is 21.6 Å². The Bertz CT molecular complexity index is 1360. The highest BCUT2D eigenvalue weighted by atomic mass is 32.1. The summed E-state index contributed by atoms with van der Waals surface area (Å²) in [5.41, 5.74) is 3.27. The number of benzene rings is 1. The molecule has 0 fully saturated rings. The van der Waals surface area contributed by atoms with Crippen molar-refractivity contribution in [3.8, 4) is 10.6 Å². The molecule has 2 N–H and O–H groups in total. The Balaban J connectivity index is 1.30. The summed E-state index contributed by atoms with van der Waals surface area (Å²) in [4.78, 5) is 31.3. The van der Waals surface area contributed by atoms with Gasteiger partial charge >= 0.3 is 0 Å². The molecule has 0 saturated carbocycles. The van der Waals surface area contributed by atoms with Crippen LogP contribution in [-0.2, 0) is 6.54 Å². The van der Waals surface area contributed by atoms with Crippen molar-refractivity contribution in [2.45, 2.75) is 13.5 Å². The van der Waals surface area contributed by atoms with Gasteiger partial charge in [0.05, 0.1) is 46.3 Å². The standard InChI is InChI=1S/C21H16N6O2S2/c1-12-18(17-11-30-20(26-17)23-9-13-5-4-8-29-13)31-21(24-12)27-19(28)16-10-22-14-6-2-3-7-15(14)25-16/h2-8,10-11H,9H2,1H3,(H,23,26)(H,24,27,28). The minimum atomic E-state index is -0.349. The van der Waals surface area contributed by atoms with Crippen LogP contribution in [0.4, 0.5) is 10.3 Å². The normalized spacial score (nSPS) is 11.0. The number of carbonyl (C=O) groups is 1. The number of anilines is 2. The average molecular weight is 449 g/mol. The summed E-state index contributed by atoms with van der Waals surface area (Å²) in [5, 5.41) is 9.31. The van der Waals surface area contributed by atoms with E-state index in [9.17, 15) is 4.79 Å². The first-order valence-electron chi connectivity index (χ1n) is 9.38. The van der Waals surface area contributed by atoms with E-state index in [0.29, 0.717) is 17.2 Å². The molecule has 10 heteroatoms. The summed E-state index contributed by atoms with van der Waals surface area (Å²) < 4.78 is 5.32. The molecule has 0 aliphatic carbocycles. The summed E-state index contributed by atoms with van der Waals surface area (Å²) in [5.74, 6) is 0.491. The van der Waals surface area contributed by atoms with Crippen molar-refractivity contribution in [3.05, 3.63) is 71.4 Å². The van der Waals surface area contributed by atoms with Gasteiger partial charge in [0.25, 0.3) is 5.91 Å². The third-order valence-corrected chi connectivity index (χ3v) is 6.32. The molecule has 0 bridgehead atoms. The van der Waals surface area contributed by atoms with Gasteiger partial charge in [-0.25, -0.2) is 15.0 Å². The van der Waals surface area contributed by atoms with Gasteiger partial charge in [-0.15, -0.1) is 11.3 Å². The monoisotopic (exact) mass is 448 g/mol. The molecular weight excluding hydrogens is 432 g/mol. The highest BCUT2D eigenvalue weighted by Gasteiger charge is 2.16. The summed E-state index contributed by atoms with van der Waals surface area (Å²) in [6, 6.07) is 11.2. The van der Waals surface area contributed by atoms with E-state index >= 15 is 0 Å². The Kier molecular flexibility index (Phi) is 5.14. The molecule has 0 aliphatic heterocycles. The molecule has 5 aromatic rings. The van der Waals surface area contributed by atoms with Crippen molar-refractivity contribution in [2.75, 3.05) is 10.6 Å². The van der Waals surface area contributed by atoms with E-state index in [0.717, 1.165) is 32.7 Å². The topological polar surface area (TPSA) is 106 Å². The predicted molar refractivity (Wildman–Crippen MR) is 121 cm³/mol. The van der Waals surface area contributed by atoms with Crippen LogP contribution in [0, 0.1) is 6.92 Å². The smallest absolute Gasteiger partial charge is 0.277 e. The molecule has 1 aromatic carbocycles. The Morgan fingerprint density at radius 1 is 1.06 bits per heavy atom. The molecule has 0 saturated heterocycles. The number of carbonyl (C=O) groups excluding carboxylic acids is 1. The summed E-state index contributed by atoms with van der Waals surface area (Å²) in [7, 11) is 0. The summed E-state index contributed by atoms with van der Waals surface area (Å²) in [6.07, 6.45) is 3.11. The van der Waals surface area contributed by atoms with Crippen LogP contribution < -0.4 is 10.6 Å². The molecule has 0 radical (unpaired) electrons. The van der Waals surface area contributed by atoms with Crippen molar-refractivity contribution in [1.29, 1.82) is 0 Å². The minimum Gasteiger partial charge on any atom is -0.467 e. The van der Waals surface area contributed by atoms with Crippen molar-refractivity contribution in [1.82, 2.24) is 19.9 Å². The predicted octanol–water partition coefficient (Wildman–Crippen LogP) is 4.98. The minimum absolute atomic E-state index is 0.242. The maximum Gasteiger partial charge on any atom is 0.277 e. The zero-order valence-electron chi connectivity index (χ0n) is 16.3. The second kappa shape index (κ2) is 8.25. The molecule has 1 amide bonds. The molecule has 154 valence electrons. The molecule has 0 unspecified atom stereocenters. The van der Waals surface area contributed by atoms with Crippen LogP contribution in [0.15, 0.2) is 58.7 Å². The highest BCUT2D eigenvalue weighted by molar-refractivity contribution is 7.20. The lowest BCUT2D eigenvalue weighted by Crippen LogP contribution is -2.14. The molecule has 31 heavy (non-hydrogen) atoms. The number of nitrogens with zero attached hydrogens (tertiary/aromatic N) is 4. The molecule has 0 spiro atoms. The van der Waals surface area contributed by atoms with E-state index < -0.39 is 0 Å². The number of aryl methyl sites for hydroxylation is 1. The van der Waals surface area contributed by atoms with Crippen LogP contribution in [0.1, 0.15) is 21.9 Å². The third-order valence-electron chi connectivity index (χ3n) is 4.43. The fourth-order valence-corrected chi connectivity index (χ4v) is 4.65. The maximum atomic E-state index is 12.6. The lowest BCUT2D eigenvalue weighted by molar-refractivity contribution is 0.102. The third kappa shape index (κ3) is 4.16. The number of nitrogens with one attached hydrogen (secondary N) is 2. The molecule has 0 aliphatic rings. The highest BCUT2D eigenvalue weighted by Crippen LogP contribution is 2.34. The fraction of sp³-hybridized carbons (Fsp3) is 0.0952. The number of para-hydroxylation sites is 2. The number of amides is 1. The van der Waals surface area contributed by atoms with E-state index in [4.69, 9.17) is 4.42 Å². The fourth-order valence-electron chi connectivity index (χ4n) is 2.95. The van der Waals surface area contributed by atoms with Gasteiger partial charge in [-0.1, -0.05) is 23.5 Å². The van der Waals surface area contributed by atoms with Gasteiger partial charge in [-0.3, -0.25) is 15.1 Å². The zero-order valence-corrected chi connectivity index (χ0v) is 18.0. The van der Waals surface area contributed by atoms with E-state index in [1.54, 1.807) is 6.26 Å². The quantitative estimate of drug-likeness (QED) is 0.377. The van der Waals surface area contributed by atoms with Gasteiger partial charge in [-0.05, 0) is 31.2 Å². The lowest BCUT2D eigenvalue weighted by Gasteiger charge is -2.02. The first-order chi connectivity index (χ1) is 15.2. The van der Waals surface area contributed by atoms with Crippen LogP contribution in [0.2, 0.25) is 0 Å². The van der Waals surface area contributed by atoms with Gasteiger partial charge in [0.15, 0.2) is 10.3 Å². The Morgan fingerprint density at radius 2 is 1.94 bits per heavy atom.